The van der Waals surface area contributed by atoms with Crippen LogP contribution >= 0.6 is 15.9 Å². The molecule has 0 radical (unpaired) electrons. The third-order valence-electron chi connectivity index (χ3n) is 8.34. The first-order chi connectivity index (χ1) is 19.3. The first-order valence-corrected chi connectivity index (χ1v) is 15.4. The number of carbonyl (C=O) groups excluding carboxylic acids is 1. The van der Waals surface area contributed by atoms with Gasteiger partial charge in [0, 0.05) is 10.9 Å². The van der Waals surface area contributed by atoms with E-state index in [0.717, 1.165) is 11.1 Å². The quantitative estimate of drug-likeness (QED) is 0.322. The van der Waals surface area contributed by atoms with Crippen LogP contribution in [-0.4, -0.2) is 46.2 Å². The summed E-state index contributed by atoms with van der Waals surface area (Å²) in [6, 6.07) is 19.7. The van der Waals surface area contributed by atoms with Crippen LogP contribution in [0.2, 0.25) is 0 Å². The maximum absolute atomic E-state index is 13.5. The highest BCUT2D eigenvalue weighted by atomic mass is 79.9. The zero-order chi connectivity index (χ0) is 30.2. The second-order valence-electron chi connectivity index (χ2n) is 12.3. The second-order valence-corrected chi connectivity index (χ2v) is 13.2. The highest BCUT2D eigenvalue weighted by Gasteiger charge is 2.42. The van der Waals surface area contributed by atoms with Crippen molar-refractivity contribution in [1.82, 2.24) is 0 Å². The van der Waals surface area contributed by atoms with E-state index in [1.807, 2.05) is 87.5 Å². The van der Waals surface area contributed by atoms with Crippen LogP contribution in [0.5, 0.6) is 0 Å². The molecule has 0 aromatic heterocycles. The van der Waals surface area contributed by atoms with E-state index in [9.17, 15) is 15.0 Å². The molecular formula is C34H47BrO6. The van der Waals surface area contributed by atoms with E-state index < -0.39 is 41.2 Å². The summed E-state index contributed by atoms with van der Waals surface area (Å²) < 4.78 is 19.1. The molecule has 0 aliphatic carbocycles. The minimum atomic E-state index is -1.47. The van der Waals surface area contributed by atoms with E-state index in [1.165, 1.54) is 0 Å². The van der Waals surface area contributed by atoms with Gasteiger partial charge in [-0.1, -0.05) is 104 Å². The van der Waals surface area contributed by atoms with Crippen molar-refractivity contribution in [3.8, 4) is 0 Å². The lowest BCUT2D eigenvalue weighted by atomic mass is 9.74. The fourth-order valence-electron chi connectivity index (χ4n) is 5.42. The average Bonchev–Trinajstić information content (AvgIpc) is 2.95. The number of aliphatic hydroxyl groups excluding tert-OH is 1. The van der Waals surface area contributed by atoms with Crippen molar-refractivity contribution >= 4 is 21.9 Å². The van der Waals surface area contributed by atoms with Crippen LogP contribution in [0, 0.1) is 17.3 Å². The van der Waals surface area contributed by atoms with Crippen molar-refractivity contribution in [2.45, 2.75) is 104 Å². The van der Waals surface area contributed by atoms with Crippen molar-refractivity contribution in [3.63, 3.8) is 0 Å². The SMILES string of the molecule is CC[C@H]1OC(=O)[C@H](C)[C@@H](OCc2ccccc2)C[C@@H](O)C(C)(C)C[C@@H](C)[C@H](OCc2ccccc2)/C=C(\Br)[C@]1(C)O. The maximum Gasteiger partial charge on any atom is 0.311 e. The van der Waals surface area contributed by atoms with Crippen LogP contribution in [0.25, 0.3) is 0 Å². The van der Waals surface area contributed by atoms with Gasteiger partial charge in [0.05, 0.1) is 37.4 Å². The molecule has 1 heterocycles. The number of hydrogen-bond acceptors (Lipinski definition) is 6. The highest BCUT2D eigenvalue weighted by molar-refractivity contribution is 9.11. The minimum absolute atomic E-state index is 0.00149. The minimum Gasteiger partial charge on any atom is -0.459 e. The third-order valence-corrected chi connectivity index (χ3v) is 9.41. The van der Waals surface area contributed by atoms with Gasteiger partial charge in [0.25, 0.3) is 0 Å². The summed E-state index contributed by atoms with van der Waals surface area (Å²) in [6.45, 7) is 12.2. The van der Waals surface area contributed by atoms with Crippen LogP contribution in [0.1, 0.15) is 71.9 Å². The topological polar surface area (TPSA) is 85.2 Å². The van der Waals surface area contributed by atoms with Gasteiger partial charge in [0.2, 0.25) is 0 Å². The molecule has 2 aromatic rings. The van der Waals surface area contributed by atoms with Crippen molar-refractivity contribution < 1.29 is 29.2 Å². The first kappa shape index (κ1) is 33.5. The zero-order valence-electron chi connectivity index (χ0n) is 25.3. The molecule has 0 bridgehead atoms. The lowest BCUT2D eigenvalue weighted by Crippen LogP contribution is -2.46. The van der Waals surface area contributed by atoms with E-state index in [1.54, 1.807) is 13.8 Å². The van der Waals surface area contributed by atoms with E-state index in [2.05, 4.69) is 22.9 Å². The Bertz CT molecular complexity index is 1120. The number of halogens is 1. The molecule has 0 unspecified atom stereocenters. The normalized spacial score (nSPS) is 32.8. The first-order valence-electron chi connectivity index (χ1n) is 14.6. The molecule has 1 aliphatic rings. The van der Waals surface area contributed by atoms with Crippen LogP contribution in [-0.2, 0) is 32.2 Å². The number of esters is 1. The van der Waals surface area contributed by atoms with Gasteiger partial charge < -0.3 is 24.4 Å². The molecule has 6 nitrogen and oxygen atoms in total. The largest absolute Gasteiger partial charge is 0.459 e. The van der Waals surface area contributed by atoms with Gasteiger partial charge >= 0.3 is 5.97 Å². The zero-order valence-corrected chi connectivity index (χ0v) is 26.8. The van der Waals surface area contributed by atoms with Gasteiger partial charge in [-0.15, -0.1) is 0 Å². The Labute approximate surface area is 254 Å². The number of aliphatic hydroxyl groups is 2. The summed E-state index contributed by atoms with van der Waals surface area (Å²) in [5, 5.41) is 23.2. The van der Waals surface area contributed by atoms with Crippen LogP contribution in [0.3, 0.4) is 0 Å². The molecule has 0 fully saturated rings. The number of benzene rings is 2. The maximum atomic E-state index is 13.5. The number of cyclic esters (lactones) is 1. The number of ether oxygens (including phenoxy) is 3. The predicted octanol–water partition coefficient (Wildman–Crippen LogP) is 6.96. The lowest BCUT2D eigenvalue weighted by molar-refractivity contribution is -0.171. The fourth-order valence-corrected chi connectivity index (χ4v) is 5.94. The average molecular weight is 632 g/mol. The predicted molar refractivity (Wildman–Crippen MR) is 165 cm³/mol. The molecule has 3 rings (SSSR count). The summed E-state index contributed by atoms with van der Waals surface area (Å²) in [7, 11) is 0. The Morgan fingerprint density at radius 1 is 0.951 bits per heavy atom. The van der Waals surface area contributed by atoms with E-state index >= 15 is 0 Å². The summed E-state index contributed by atoms with van der Waals surface area (Å²) in [5.41, 5.74) is 0.0432. The molecule has 7 atom stereocenters. The fraction of sp³-hybridized carbons (Fsp3) is 0.559. The summed E-state index contributed by atoms with van der Waals surface area (Å²) >= 11 is 3.61. The van der Waals surface area contributed by atoms with Gasteiger partial charge in [0.1, 0.15) is 11.7 Å². The summed E-state index contributed by atoms with van der Waals surface area (Å²) in [4.78, 5) is 13.5. The molecule has 2 N–H and O–H groups in total. The number of hydrogen-bond donors (Lipinski definition) is 2. The van der Waals surface area contributed by atoms with E-state index in [-0.39, 0.29) is 18.4 Å². The van der Waals surface area contributed by atoms with Crippen molar-refractivity contribution in [1.29, 1.82) is 0 Å². The van der Waals surface area contributed by atoms with E-state index in [0.29, 0.717) is 30.5 Å². The molecule has 0 amide bonds. The molecule has 0 saturated heterocycles. The monoisotopic (exact) mass is 630 g/mol. The number of carbonyl (C=O) groups is 1. The van der Waals surface area contributed by atoms with Gasteiger partial charge in [-0.05, 0) is 55.2 Å². The smallest absolute Gasteiger partial charge is 0.311 e. The molecule has 0 saturated carbocycles. The molecule has 7 heteroatoms. The Balaban J connectivity index is 1.95. The van der Waals surface area contributed by atoms with Crippen LogP contribution in [0.4, 0.5) is 0 Å². The van der Waals surface area contributed by atoms with Crippen LogP contribution < -0.4 is 0 Å². The molecule has 41 heavy (non-hydrogen) atoms. The van der Waals surface area contributed by atoms with Crippen LogP contribution in [0.15, 0.2) is 71.2 Å². The molecule has 0 spiro atoms. The molecule has 1 aliphatic heterocycles. The lowest BCUT2D eigenvalue weighted by Gasteiger charge is -2.39. The Kier molecular flexibility index (Phi) is 12.2. The Morgan fingerprint density at radius 3 is 2.02 bits per heavy atom. The van der Waals surface area contributed by atoms with Gasteiger partial charge in [-0.3, -0.25) is 4.79 Å². The highest BCUT2D eigenvalue weighted by Crippen LogP contribution is 2.38. The van der Waals surface area contributed by atoms with Crippen molar-refractivity contribution in [2.75, 3.05) is 0 Å². The standard InChI is InChI=1S/C34H47BrO6/c1-7-31-34(6,38)29(35)18-27(39-21-25-14-10-8-11-15-25)23(2)20-33(4,5)30(36)19-28(24(3)32(37)41-31)40-22-26-16-12-9-13-17-26/h8-18,23-24,27-28,30-31,36,38H,7,19-22H2,1-6H3/b29-18-/t23-,24-,27-,28+,30-,31-,34+/m1/s1. The number of rotatable bonds is 7. The van der Waals surface area contributed by atoms with Gasteiger partial charge in [-0.25, -0.2) is 0 Å². The van der Waals surface area contributed by atoms with E-state index in [4.69, 9.17) is 14.2 Å². The van der Waals surface area contributed by atoms with Gasteiger partial charge in [0.15, 0.2) is 0 Å². The molecule has 226 valence electrons. The Morgan fingerprint density at radius 2 is 1.49 bits per heavy atom. The molecule has 2 aromatic carbocycles. The Hall–Kier alpha value is -2.03. The van der Waals surface area contributed by atoms with Crippen molar-refractivity contribution in [2.24, 2.45) is 17.3 Å². The van der Waals surface area contributed by atoms with Gasteiger partial charge in [-0.2, -0.15) is 0 Å². The van der Waals surface area contributed by atoms with Crippen molar-refractivity contribution in [3.05, 3.63) is 82.3 Å². The summed E-state index contributed by atoms with van der Waals surface area (Å²) in [6.07, 6.45) is 0.713. The summed E-state index contributed by atoms with van der Waals surface area (Å²) in [5.74, 6) is -1.12. The molecular weight excluding hydrogens is 584 g/mol. The second kappa shape index (κ2) is 14.9. The third kappa shape index (κ3) is 9.23.